The predicted octanol–water partition coefficient (Wildman–Crippen LogP) is 4.25. The number of rotatable bonds is 2. The first-order valence-electron chi connectivity index (χ1n) is 5.60. The van der Waals surface area contributed by atoms with Crippen molar-refractivity contribution in [3.05, 3.63) is 57.0 Å². The number of halogens is 2. The normalized spacial score (nSPS) is 10.3. The zero-order valence-electron chi connectivity index (χ0n) is 10.2. The van der Waals surface area contributed by atoms with E-state index in [4.69, 9.17) is 17.3 Å². The van der Waals surface area contributed by atoms with E-state index in [1.54, 1.807) is 30.3 Å². The fraction of sp³-hybridized carbons (Fsp3) is 0.0714. The first-order chi connectivity index (χ1) is 8.97. The van der Waals surface area contributed by atoms with Crippen molar-refractivity contribution >= 4 is 44.8 Å². The third-order valence-electron chi connectivity index (χ3n) is 2.71. The molecule has 0 radical (unpaired) electrons. The summed E-state index contributed by atoms with van der Waals surface area (Å²) in [7, 11) is 0. The molecule has 0 spiro atoms. The minimum absolute atomic E-state index is 0.193. The molecule has 0 fully saturated rings. The Morgan fingerprint density at radius 2 is 2.00 bits per heavy atom. The van der Waals surface area contributed by atoms with Crippen molar-refractivity contribution in [3.63, 3.8) is 0 Å². The van der Waals surface area contributed by atoms with Crippen molar-refractivity contribution in [1.29, 1.82) is 0 Å². The van der Waals surface area contributed by atoms with E-state index in [-0.39, 0.29) is 5.91 Å². The zero-order valence-corrected chi connectivity index (χ0v) is 12.5. The quantitative estimate of drug-likeness (QED) is 0.804. The molecule has 0 saturated heterocycles. The Hall–Kier alpha value is -1.52. The maximum atomic E-state index is 12.1. The Morgan fingerprint density at radius 3 is 2.63 bits per heavy atom. The Labute approximate surface area is 124 Å². The lowest BCUT2D eigenvalue weighted by molar-refractivity contribution is 0.102. The van der Waals surface area contributed by atoms with Crippen molar-refractivity contribution in [2.75, 3.05) is 11.1 Å². The molecular formula is C14H12BrClN2O. The Kier molecular flexibility index (Phi) is 4.12. The van der Waals surface area contributed by atoms with Crippen LogP contribution in [0.2, 0.25) is 5.02 Å². The average molecular weight is 340 g/mol. The molecule has 2 aromatic rings. The van der Waals surface area contributed by atoms with Crippen molar-refractivity contribution in [3.8, 4) is 0 Å². The van der Waals surface area contributed by atoms with Gasteiger partial charge in [0.2, 0.25) is 0 Å². The molecule has 98 valence electrons. The van der Waals surface area contributed by atoms with Gasteiger partial charge in [0.05, 0.1) is 5.02 Å². The minimum atomic E-state index is -0.193. The number of carbonyl (C=O) groups is 1. The standard InChI is InChI=1S/C14H12BrClN2O/c1-8-6-10(3-5-13(8)17)18-14(19)9-2-4-12(16)11(15)7-9/h2-7H,17H2,1H3,(H,18,19). The number of aryl methyl sites for hydroxylation is 1. The number of hydrogen-bond acceptors (Lipinski definition) is 2. The smallest absolute Gasteiger partial charge is 0.255 e. The third kappa shape index (κ3) is 3.28. The van der Waals surface area contributed by atoms with Gasteiger partial charge in [-0.15, -0.1) is 0 Å². The van der Waals surface area contributed by atoms with Crippen molar-refractivity contribution in [2.24, 2.45) is 0 Å². The molecule has 0 aliphatic carbocycles. The molecule has 3 nitrogen and oxygen atoms in total. The van der Waals surface area contributed by atoms with Gasteiger partial charge in [0.25, 0.3) is 5.91 Å². The molecule has 2 rings (SSSR count). The summed E-state index contributed by atoms with van der Waals surface area (Å²) < 4.78 is 0.690. The second-order valence-corrected chi connectivity index (χ2v) is 5.42. The molecule has 0 atom stereocenters. The van der Waals surface area contributed by atoms with Crippen LogP contribution >= 0.6 is 27.5 Å². The lowest BCUT2D eigenvalue weighted by atomic mass is 10.1. The lowest BCUT2D eigenvalue weighted by Gasteiger charge is -2.08. The van der Waals surface area contributed by atoms with E-state index >= 15 is 0 Å². The number of nitrogen functional groups attached to an aromatic ring is 1. The summed E-state index contributed by atoms with van der Waals surface area (Å²) in [5.41, 5.74) is 8.60. The van der Waals surface area contributed by atoms with Crippen LogP contribution in [0.3, 0.4) is 0 Å². The molecule has 0 aliphatic heterocycles. The highest BCUT2D eigenvalue weighted by atomic mass is 79.9. The van der Waals surface area contributed by atoms with Crippen LogP contribution in [0.25, 0.3) is 0 Å². The van der Waals surface area contributed by atoms with Gasteiger partial charge in [-0.3, -0.25) is 4.79 Å². The van der Waals surface area contributed by atoms with Gasteiger partial charge in [-0.05, 0) is 64.8 Å². The first-order valence-corrected chi connectivity index (χ1v) is 6.77. The van der Waals surface area contributed by atoms with Crippen LogP contribution in [0.1, 0.15) is 15.9 Å². The Bertz CT molecular complexity index is 643. The maximum Gasteiger partial charge on any atom is 0.255 e. The van der Waals surface area contributed by atoms with Crippen LogP contribution in [-0.4, -0.2) is 5.91 Å². The number of amides is 1. The van der Waals surface area contributed by atoms with Crippen molar-refractivity contribution < 1.29 is 4.79 Å². The molecule has 19 heavy (non-hydrogen) atoms. The fourth-order valence-electron chi connectivity index (χ4n) is 1.59. The van der Waals surface area contributed by atoms with Gasteiger partial charge >= 0.3 is 0 Å². The maximum absolute atomic E-state index is 12.1. The van der Waals surface area contributed by atoms with Gasteiger partial charge in [0.15, 0.2) is 0 Å². The summed E-state index contributed by atoms with van der Waals surface area (Å²) >= 11 is 9.18. The fourth-order valence-corrected chi connectivity index (χ4v) is 2.09. The van der Waals surface area contributed by atoms with Gasteiger partial charge in [0.1, 0.15) is 0 Å². The summed E-state index contributed by atoms with van der Waals surface area (Å²) in [6.07, 6.45) is 0. The molecule has 1 amide bonds. The molecule has 0 unspecified atom stereocenters. The number of hydrogen-bond donors (Lipinski definition) is 2. The number of carbonyl (C=O) groups excluding carboxylic acids is 1. The van der Waals surface area contributed by atoms with E-state index in [2.05, 4.69) is 21.2 Å². The van der Waals surface area contributed by atoms with Gasteiger partial charge in [0, 0.05) is 21.4 Å². The van der Waals surface area contributed by atoms with E-state index in [1.807, 2.05) is 13.0 Å². The number of nitrogens with one attached hydrogen (secondary N) is 1. The van der Waals surface area contributed by atoms with Gasteiger partial charge in [-0.2, -0.15) is 0 Å². The molecule has 0 bridgehead atoms. The summed E-state index contributed by atoms with van der Waals surface area (Å²) in [6.45, 7) is 1.89. The topological polar surface area (TPSA) is 55.1 Å². The van der Waals surface area contributed by atoms with Crippen LogP contribution in [0.5, 0.6) is 0 Å². The van der Waals surface area contributed by atoms with Crippen LogP contribution in [-0.2, 0) is 0 Å². The van der Waals surface area contributed by atoms with Gasteiger partial charge in [-0.25, -0.2) is 0 Å². The minimum Gasteiger partial charge on any atom is -0.399 e. The van der Waals surface area contributed by atoms with E-state index in [0.29, 0.717) is 26.4 Å². The van der Waals surface area contributed by atoms with Crippen molar-refractivity contribution in [2.45, 2.75) is 6.92 Å². The van der Waals surface area contributed by atoms with Crippen LogP contribution < -0.4 is 11.1 Å². The SMILES string of the molecule is Cc1cc(NC(=O)c2ccc(Cl)c(Br)c2)ccc1N. The highest BCUT2D eigenvalue weighted by Crippen LogP contribution is 2.24. The molecule has 0 saturated carbocycles. The molecule has 0 aliphatic rings. The molecular weight excluding hydrogens is 328 g/mol. The molecule has 0 heterocycles. The van der Waals surface area contributed by atoms with Gasteiger partial charge < -0.3 is 11.1 Å². The Morgan fingerprint density at radius 1 is 1.26 bits per heavy atom. The number of benzene rings is 2. The Balaban J connectivity index is 2.20. The molecule has 5 heteroatoms. The molecule has 2 aromatic carbocycles. The second-order valence-electron chi connectivity index (χ2n) is 4.15. The molecule has 0 aromatic heterocycles. The van der Waals surface area contributed by atoms with E-state index in [0.717, 1.165) is 5.56 Å². The summed E-state index contributed by atoms with van der Waals surface area (Å²) in [5, 5.41) is 3.38. The van der Waals surface area contributed by atoms with E-state index < -0.39 is 0 Å². The highest BCUT2D eigenvalue weighted by molar-refractivity contribution is 9.10. The van der Waals surface area contributed by atoms with Gasteiger partial charge in [-0.1, -0.05) is 11.6 Å². The monoisotopic (exact) mass is 338 g/mol. The predicted molar refractivity (Wildman–Crippen MR) is 82.7 cm³/mol. The first kappa shape index (κ1) is 13.9. The van der Waals surface area contributed by atoms with E-state index in [9.17, 15) is 4.79 Å². The van der Waals surface area contributed by atoms with Crippen LogP contribution in [0, 0.1) is 6.92 Å². The van der Waals surface area contributed by atoms with Crippen LogP contribution in [0.4, 0.5) is 11.4 Å². The number of anilines is 2. The lowest BCUT2D eigenvalue weighted by Crippen LogP contribution is -2.12. The summed E-state index contributed by atoms with van der Waals surface area (Å²) in [6, 6.07) is 10.4. The largest absolute Gasteiger partial charge is 0.399 e. The summed E-state index contributed by atoms with van der Waals surface area (Å²) in [4.78, 5) is 12.1. The highest BCUT2D eigenvalue weighted by Gasteiger charge is 2.08. The third-order valence-corrected chi connectivity index (χ3v) is 3.92. The second kappa shape index (κ2) is 5.63. The average Bonchev–Trinajstić information content (AvgIpc) is 2.37. The zero-order chi connectivity index (χ0) is 14.0. The molecule has 3 N–H and O–H groups in total. The van der Waals surface area contributed by atoms with Crippen molar-refractivity contribution in [1.82, 2.24) is 0 Å². The van der Waals surface area contributed by atoms with Crippen LogP contribution in [0.15, 0.2) is 40.9 Å². The number of nitrogens with two attached hydrogens (primary N) is 1. The van der Waals surface area contributed by atoms with E-state index in [1.165, 1.54) is 0 Å². The summed E-state index contributed by atoms with van der Waals surface area (Å²) in [5.74, 6) is -0.193.